The van der Waals surface area contributed by atoms with Crippen LogP contribution in [0.3, 0.4) is 0 Å². The van der Waals surface area contributed by atoms with Crippen molar-refractivity contribution in [3.05, 3.63) is 33.8 Å². The van der Waals surface area contributed by atoms with Crippen molar-refractivity contribution in [2.75, 3.05) is 6.54 Å². The van der Waals surface area contributed by atoms with Gasteiger partial charge in [-0.3, -0.25) is 0 Å². The number of aliphatic hydroxyl groups is 1. The second kappa shape index (κ2) is 6.94. The molecule has 2 nitrogen and oxygen atoms in total. The minimum absolute atomic E-state index is 0.120. The van der Waals surface area contributed by atoms with Gasteiger partial charge >= 0.3 is 0 Å². The molecule has 1 aromatic carbocycles. The van der Waals surface area contributed by atoms with Crippen LogP contribution in [0.4, 0.5) is 0 Å². The van der Waals surface area contributed by atoms with Crippen LogP contribution in [0, 0.1) is 5.92 Å². The Bertz CT molecular complexity index is 425. The van der Waals surface area contributed by atoms with Gasteiger partial charge in [-0.2, -0.15) is 0 Å². The van der Waals surface area contributed by atoms with Gasteiger partial charge in [0, 0.05) is 16.1 Å². The summed E-state index contributed by atoms with van der Waals surface area (Å²) in [6, 6.07) is 5.72. The molecule has 1 aromatic rings. The molecule has 2 rings (SSSR count). The van der Waals surface area contributed by atoms with Crippen LogP contribution in [0.25, 0.3) is 0 Å². The second-order valence-corrected chi connectivity index (χ2v) is 6.33. The van der Waals surface area contributed by atoms with E-state index in [4.69, 9.17) is 23.2 Å². The molecule has 0 aromatic heterocycles. The number of hydrogen-bond acceptors (Lipinski definition) is 2. The maximum atomic E-state index is 9.68. The highest BCUT2D eigenvalue weighted by Gasteiger charge is 2.20. The smallest absolute Gasteiger partial charge is 0.0543 e. The zero-order valence-electron chi connectivity index (χ0n) is 11.2. The standard InChI is InChI=1S/C15H21Cl2NO/c1-10(14-8-12(16)5-6-15(14)17)18-9-11-3-2-4-13(19)7-11/h5-6,8,10-11,13,18-19H,2-4,7,9H2,1H3. The van der Waals surface area contributed by atoms with Gasteiger partial charge in [-0.25, -0.2) is 0 Å². The first-order valence-electron chi connectivity index (χ1n) is 6.92. The lowest BCUT2D eigenvalue weighted by molar-refractivity contribution is 0.0998. The summed E-state index contributed by atoms with van der Waals surface area (Å²) in [5, 5.41) is 14.6. The minimum atomic E-state index is -0.120. The average molecular weight is 302 g/mol. The van der Waals surface area contributed by atoms with Crippen molar-refractivity contribution in [1.29, 1.82) is 0 Å². The fraction of sp³-hybridized carbons (Fsp3) is 0.600. The first-order valence-corrected chi connectivity index (χ1v) is 7.68. The van der Waals surface area contributed by atoms with E-state index in [-0.39, 0.29) is 12.1 Å². The van der Waals surface area contributed by atoms with Crippen LogP contribution >= 0.6 is 23.2 Å². The normalized spacial score (nSPS) is 25.3. The van der Waals surface area contributed by atoms with Crippen LogP contribution < -0.4 is 5.32 Å². The number of benzene rings is 1. The van der Waals surface area contributed by atoms with Crippen molar-refractivity contribution in [1.82, 2.24) is 5.32 Å². The Labute approximate surface area is 125 Å². The lowest BCUT2D eigenvalue weighted by Gasteiger charge is -2.27. The summed E-state index contributed by atoms with van der Waals surface area (Å²) in [6.45, 7) is 3.01. The minimum Gasteiger partial charge on any atom is -0.393 e. The largest absolute Gasteiger partial charge is 0.393 e. The molecular formula is C15H21Cl2NO. The van der Waals surface area contributed by atoms with Gasteiger partial charge in [0.15, 0.2) is 0 Å². The molecular weight excluding hydrogens is 281 g/mol. The summed E-state index contributed by atoms with van der Waals surface area (Å²) >= 11 is 12.2. The molecule has 0 saturated heterocycles. The van der Waals surface area contributed by atoms with Gasteiger partial charge in [-0.1, -0.05) is 29.6 Å². The van der Waals surface area contributed by atoms with Crippen LogP contribution in [0.5, 0.6) is 0 Å². The van der Waals surface area contributed by atoms with Gasteiger partial charge in [0.2, 0.25) is 0 Å². The zero-order valence-corrected chi connectivity index (χ0v) is 12.7. The highest BCUT2D eigenvalue weighted by molar-refractivity contribution is 6.33. The molecule has 3 unspecified atom stereocenters. The van der Waals surface area contributed by atoms with Gasteiger partial charge in [0.25, 0.3) is 0 Å². The molecule has 3 atom stereocenters. The van der Waals surface area contributed by atoms with Crippen LogP contribution in [0.1, 0.15) is 44.2 Å². The average Bonchev–Trinajstić information content (AvgIpc) is 2.39. The van der Waals surface area contributed by atoms with Gasteiger partial charge in [-0.05, 0) is 62.4 Å². The molecule has 0 radical (unpaired) electrons. The second-order valence-electron chi connectivity index (χ2n) is 5.48. The molecule has 1 aliphatic rings. The highest BCUT2D eigenvalue weighted by Crippen LogP contribution is 2.28. The molecule has 1 aliphatic carbocycles. The third kappa shape index (κ3) is 4.35. The van der Waals surface area contributed by atoms with Crippen LogP contribution in [0.2, 0.25) is 10.0 Å². The molecule has 0 bridgehead atoms. The number of nitrogens with one attached hydrogen (secondary N) is 1. The van der Waals surface area contributed by atoms with Crippen molar-refractivity contribution < 1.29 is 5.11 Å². The van der Waals surface area contributed by atoms with E-state index in [0.717, 1.165) is 36.4 Å². The molecule has 4 heteroatoms. The first-order chi connectivity index (χ1) is 9.06. The molecule has 0 heterocycles. The fourth-order valence-electron chi connectivity index (χ4n) is 2.75. The monoisotopic (exact) mass is 301 g/mol. The molecule has 0 aliphatic heterocycles. The van der Waals surface area contributed by atoms with Crippen molar-refractivity contribution in [2.45, 2.75) is 44.8 Å². The molecule has 1 fully saturated rings. The van der Waals surface area contributed by atoms with E-state index in [1.165, 1.54) is 6.42 Å². The molecule has 0 spiro atoms. The van der Waals surface area contributed by atoms with Crippen LogP contribution in [-0.4, -0.2) is 17.8 Å². The van der Waals surface area contributed by atoms with E-state index in [1.807, 2.05) is 12.1 Å². The van der Waals surface area contributed by atoms with Crippen molar-refractivity contribution in [2.24, 2.45) is 5.92 Å². The predicted octanol–water partition coefficient (Wildman–Crippen LogP) is 4.20. The van der Waals surface area contributed by atoms with Gasteiger partial charge < -0.3 is 10.4 Å². The zero-order chi connectivity index (χ0) is 13.8. The Balaban J connectivity index is 1.90. The van der Waals surface area contributed by atoms with Crippen molar-refractivity contribution in [3.63, 3.8) is 0 Å². The summed E-state index contributed by atoms with van der Waals surface area (Å²) in [6.07, 6.45) is 4.06. The first kappa shape index (κ1) is 15.1. The van der Waals surface area contributed by atoms with E-state index >= 15 is 0 Å². The Kier molecular flexibility index (Phi) is 5.52. The van der Waals surface area contributed by atoms with E-state index in [1.54, 1.807) is 6.07 Å². The van der Waals surface area contributed by atoms with Crippen molar-refractivity contribution >= 4 is 23.2 Å². The van der Waals surface area contributed by atoms with Gasteiger partial charge in [-0.15, -0.1) is 0 Å². The lowest BCUT2D eigenvalue weighted by atomic mass is 9.87. The van der Waals surface area contributed by atoms with Crippen LogP contribution in [-0.2, 0) is 0 Å². The maximum absolute atomic E-state index is 9.68. The molecule has 2 N–H and O–H groups in total. The van der Waals surface area contributed by atoms with Crippen LogP contribution in [0.15, 0.2) is 18.2 Å². The summed E-state index contributed by atoms with van der Waals surface area (Å²) in [7, 11) is 0. The predicted molar refractivity (Wildman–Crippen MR) is 80.8 cm³/mol. The number of aliphatic hydroxyl groups excluding tert-OH is 1. The van der Waals surface area contributed by atoms with Gasteiger partial charge in [0.1, 0.15) is 0 Å². The van der Waals surface area contributed by atoms with E-state index in [2.05, 4.69) is 12.2 Å². The highest BCUT2D eigenvalue weighted by atomic mass is 35.5. The maximum Gasteiger partial charge on any atom is 0.0543 e. The Hall–Kier alpha value is -0.280. The molecule has 1 saturated carbocycles. The number of rotatable bonds is 4. The topological polar surface area (TPSA) is 32.3 Å². The summed E-state index contributed by atoms with van der Waals surface area (Å²) < 4.78 is 0. The Morgan fingerprint density at radius 1 is 1.37 bits per heavy atom. The third-order valence-electron chi connectivity index (χ3n) is 3.89. The molecule has 0 amide bonds. The summed E-state index contributed by atoms with van der Waals surface area (Å²) in [4.78, 5) is 0. The Morgan fingerprint density at radius 2 is 2.16 bits per heavy atom. The van der Waals surface area contributed by atoms with E-state index in [9.17, 15) is 5.11 Å². The number of halogens is 2. The number of hydrogen-bond donors (Lipinski definition) is 2. The van der Waals surface area contributed by atoms with Gasteiger partial charge in [0.05, 0.1) is 6.10 Å². The molecule has 19 heavy (non-hydrogen) atoms. The SMILES string of the molecule is CC(NCC1CCCC(O)C1)c1cc(Cl)ccc1Cl. The quantitative estimate of drug-likeness (QED) is 0.874. The van der Waals surface area contributed by atoms with E-state index in [0.29, 0.717) is 10.9 Å². The summed E-state index contributed by atoms with van der Waals surface area (Å²) in [5.74, 6) is 0.559. The van der Waals surface area contributed by atoms with E-state index < -0.39 is 0 Å². The van der Waals surface area contributed by atoms with Crippen molar-refractivity contribution in [3.8, 4) is 0 Å². The third-order valence-corrected chi connectivity index (χ3v) is 4.47. The fourth-order valence-corrected chi connectivity index (χ4v) is 3.21. The lowest BCUT2D eigenvalue weighted by Crippen LogP contribution is -2.30. The molecule has 106 valence electrons. The Morgan fingerprint density at radius 3 is 2.89 bits per heavy atom. The summed E-state index contributed by atoms with van der Waals surface area (Å²) in [5.41, 5.74) is 1.03.